The third kappa shape index (κ3) is 5.04. The van der Waals surface area contributed by atoms with Crippen LogP contribution in [0.1, 0.15) is 21.7 Å². The Bertz CT molecular complexity index is 1150. The van der Waals surface area contributed by atoms with E-state index in [0.29, 0.717) is 22.1 Å². The summed E-state index contributed by atoms with van der Waals surface area (Å²) in [6, 6.07) is 25.9. The van der Waals surface area contributed by atoms with Crippen LogP contribution in [0.2, 0.25) is 5.02 Å². The predicted molar refractivity (Wildman–Crippen MR) is 118 cm³/mol. The maximum atomic E-state index is 12.3. The number of carbonyl (C=O) groups excluding carboxylic acids is 1. The molecule has 0 saturated carbocycles. The van der Waals surface area contributed by atoms with Crippen LogP contribution in [-0.4, -0.2) is 10.9 Å². The van der Waals surface area contributed by atoms with Gasteiger partial charge in [0.05, 0.1) is 0 Å². The average molecular weight is 416 g/mol. The topological polar surface area (TPSA) is 52.3 Å². The summed E-state index contributed by atoms with van der Waals surface area (Å²) in [6.45, 7) is 0.238. The van der Waals surface area contributed by atoms with Crippen LogP contribution in [-0.2, 0) is 6.61 Å². The minimum atomic E-state index is -0.0618. The molecule has 0 radical (unpaired) electrons. The minimum Gasteiger partial charge on any atom is -0.486 e. The number of halogens is 1. The fourth-order valence-corrected chi connectivity index (χ4v) is 2.97. The Morgan fingerprint density at radius 3 is 2.43 bits per heavy atom. The Morgan fingerprint density at radius 1 is 0.967 bits per heavy atom. The number of rotatable bonds is 7. The molecule has 0 unspecified atom stereocenters. The van der Waals surface area contributed by atoms with Gasteiger partial charge in [0.2, 0.25) is 0 Å². The van der Waals surface area contributed by atoms with Crippen molar-refractivity contribution < 1.29 is 14.1 Å². The first-order valence-electron chi connectivity index (χ1n) is 9.39. The van der Waals surface area contributed by atoms with Crippen LogP contribution in [0.3, 0.4) is 0 Å². The molecule has 1 aromatic heterocycles. The molecule has 30 heavy (non-hydrogen) atoms. The SMILES string of the molecule is O=C(C=Cc1ccccc1)c1ccc(OCc2cc(-c3ccc(Cl)cc3)no2)cc1. The van der Waals surface area contributed by atoms with Gasteiger partial charge in [-0.1, -0.05) is 65.3 Å². The van der Waals surface area contributed by atoms with Crippen LogP contribution in [0.25, 0.3) is 17.3 Å². The fraction of sp³-hybridized carbons (Fsp3) is 0.0400. The number of aromatic nitrogens is 1. The summed E-state index contributed by atoms with van der Waals surface area (Å²) in [7, 11) is 0. The summed E-state index contributed by atoms with van der Waals surface area (Å²) in [4.78, 5) is 12.3. The largest absolute Gasteiger partial charge is 0.486 e. The molecule has 4 aromatic rings. The number of ether oxygens (including phenoxy) is 1. The lowest BCUT2D eigenvalue weighted by molar-refractivity contribution is 0.104. The molecule has 148 valence electrons. The average Bonchev–Trinajstić information content (AvgIpc) is 3.27. The molecule has 0 aliphatic carbocycles. The van der Waals surface area contributed by atoms with Crippen molar-refractivity contribution >= 4 is 23.5 Å². The van der Waals surface area contributed by atoms with E-state index in [9.17, 15) is 4.79 Å². The number of ketones is 1. The Hall–Kier alpha value is -3.63. The Labute approximate surface area is 179 Å². The van der Waals surface area contributed by atoms with Crippen molar-refractivity contribution in [2.24, 2.45) is 0 Å². The quantitative estimate of drug-likeness (QED) is 0.256. The van der Waals surface area contributed by atoms with Crippen molar-refractivity contribution in [3.63, 3.8) is 0 Å². The van der Waals surface area contributed by atoms with E-state index in [4.69, 9.17) is 20.9 Å². The highest BCUT2D eigenvalue weighted by atomic mass is 35.5. The molecule has 4 nitrogen and oxygen atoms in total. The summed E-state index contributed by atoms with van der Waals surface area (Å²) in [5, 5.41) is 4.73. The molecule has 0 bridgehead atoms. The molecule has 3 aromatic carbocycles. The second kappa shape index (κ2) is 9.25. The number of benzene rings is 3. The van der Waals surface area contributed by atoms with Gasteiger partial charge in [0, 0.05) is 22.2 Å². The van der Waals surface area contributed by atoms with E-state index < -0.39 is 0 Å². The van der Waals surface area contributed by atoms with Crippen molar-refractivity contribution in [2.75, 3.05) is 0 Å². The van der Waals surface area contributed by atoms with Gasteiger partial charge in [-0.25, -0.2) is 0 Å². The molecule has 0 aliphatic heterocycles. The highest BCUT2D eigenvalue weighted by Gasteiger charge is 2.08. The first-order chi connectivity index (χ1) is 14.7. The zero-order valence-corrected chi connectivity index (χ0v) is 16.8. The highest BCUT2D eigenvalue weighted by Crippen LogP contribution is 2.22. The molecule has 0 fully saturated rings. The van der Waals surface area contributed by atoms with Crippen molar-refractivity contribution in [3.8, 4) is 17.0 Å². The van der Waals surface area contributed by atoms with E-state index in [1.165, 1.54) is 0 Å². The monoisotopic (exact) mass is 415 g/mol. The first kappa shape index (κ1) is 19.7. The molecule has 0 aliphatic rings. The van der Waals surface area contributed by atoms with Crippen molar-refractivity contribution in [3.05, 3.63) is 113 Å². The summed E-state index contributed by atoms with van der Waals surface area (Å²) in [6.07, 6.45) is 3.37. The third-order valence-corrected chi connectivity index (χ3v) is 4.70. The van der Waals surface area contributed by atoms with Gasteiger partial charge in [-0.15, -0.1) is 0 Å². The summed E-state index contributed by atoms with van der Waals surface area (Å²) in [5.41, 5.74) is 3.22. The van der Waals surface area contributed by atoms with Crippen LogP contribution < -0.4 is 4.74 Å². The molecule has 5 heteroatoms. The maximum absolute atomic E-state index is 12.3. The van der Waals surface area contributed by atoms with Gasteiger partial charge in [-0.2, -0.15) is 0 Å². The molecule has 0 spiro atoms. The van der Waals surface area contributed by atoms with Crippen LogP contribution in [0.5, 0.6) is 5.75 Å². The number of allylic oxidation sites excluding steroid dienone is 1. The van der Waals surface area contributed by atoms with Crippen molar-refractivity contribution in [1.29, 1.82) is 0 Å². The van der Waals surface area contributed by atoms with Crippen molar-refractivity contribution in [2.45, 2.75) is 6.61 Å². The van der Waals surface area contributed by atoms with E-state index >= 15 is 0 Å². The van der Waals surface area contributed by atoms with Gasteiger partial charge in [0.15, 0.2) is 11.5 Å². The van der Waals surface area contributed by atoms with Gasteiger partial charge < -0.3 is 9.26 Å². The molecule has 0 atom stereocenters. The number of nitrogens with zero attached hydrogens (tertiary/aromatic N) is 1. The summed E-state index contributed by atoms with van der Waals surface area (Å²) < 4.78 is 11.1. The van der Waals surface area contributed by atoms with E-state index in [-0.39, 0.29) is 12.4 Å². The smallest absolute Gasteiger partial charge is 0.185 e. The lowest BCUT2D eigenvalue weighted by atomic mass is 10.1. The molecule has 0 N–H and O–H groups in total. The molecular formula is C25H18ClNO3. The number of hydrogen-bond acceptors (Lipinski definition) is 4. The Balaban J connectivity index is 1.34. The second-order valence-electron chi connectivity index (χ2n) is 6.61. The Kier molecular flexibility index (Phi) is 6.06. The van der Waals surface area contributed by atoms with E-state index in [2.05, 4.69) is 5.16 Å². The summed E-state index contributed by atoms with van der Waals surface area (Å²) in [5.74, 6) is 1.18. The van der Waals surface area contributed by atoms with Gasteiger partial charge in [-0.05, 0) is 48.0 Å². The Morgan fingerprint density at radius 2 is 1.70 bits per heavy atom. The molecule has 0 amide bonds. The molecular weight excluding hydrogens is 398 g/mol. The van der Waals surface area contributed by atoms with E-state index in [1.54, 1.807) is 48.6 Å². The first-order valence-corrected chi connectivity index (χ1v) is 9.77. The number of carbonyl (C=O) groups is 1. The van der Waals surface area contributed by atoms with Crippen LogP contribution >= 0.6 is 11.6 Å². The highest BCUT2D eigenvalue weighted by molar-refractivity contribution is 6.30. The third-order valence-electron chi connectivity index (χ3n) is 4.45. The fourth-order valence-electron chi connectivity index (χ4n) is 2.84. The normalized spacial score (nSPS) is 11.0. The predicted octanol–water partition coefficient (Wildman–Crippen LogP) is 6.47. The molecule has 1 heterocycles. The standard InChI is InChI=1S/C25H18ClNO3/c26-21-11-7-19(8-12-21)24-16-23(30-27-24)17-29-22-13-9-20(10-14-22)25(28)15-6-18-4-2-1-3-5-18/h1-16H,17H2. The molecule has 0 saturated heterocycles. The van der Waals surface area contributed by atoms with Gasteiger partial charge >= 0.3 is 0 Å². The van der Waals surface area contributed by atoms with Crippen molar-refractivity contribution in [1.82, 2.24) is 5.16 Å². The van der Waals surface area contributed by atoms with Crippen LogP contribution in [0.15, 0.2) is 95.5 Å². The minimum absolute atomic E-state index is 0.0618. The van der Waals surface area contributed by atoms with Crippen LogP contribution in [0, 0.1) is 0 Å². The van der Waals surface area contributed by atoms with Gasteiger partial charge in [-0.3, -0.25) is 4.79 Å². The van der Waals surface area contributed by atoms with Crippen LogP contribution in [0.4, 0.5) is 0 Å². The lowest BCUT2D eigenvalue weighted by Crippen LogP contribution is -1.96. The second-order valence-corrected chi connectivity index (χ2v) is 7.04. The van der Waals surface area contributed by atoms with Gasteiger partial charge in [0.25, 0.3) is 0 Å². The summed E-state index contributed by atoms with van der Waals surface area (Å²) >= 11 is 5.91. The van der Waals surface area contributed by atoms with E-state index in [0.717, 1.165) is 16.8 Å². The molecule has 4 rings (SSSR count). The van der Waals surface area contributed by atoms with E-state index in [1.807, 2.05) is 48.5 Å². The maximum Gasteiger partial charge on any atom is 0.185 e. The number of hydrogen-bond donors (Lipinski definition) is 0. The van der Waals surface area contributed by atoms with Gasteiger partial charge in [0.1, 0.15) is 18.1 Å². The zero-order chi connectivity index (χ0) is 20.8. The lowest BCUT2D eigenvalue weighted by Gasteiger charge is -2.04. The zero-order valence-electron chi connectivity index (χ0n) is 16.0.